The van der Waals surface area contributed by atoms with E-state index in [2.05, 4.69) is 5.32 Å². The zero-order chi connectivity index (χ0) is 17.3. The van der Waals surface area contributed by atoms with Crippen LogP contribution >= 0.6 is 11.6 Å². The molecule has 0 radical (unpaired) electrons. The Bertz CT molecular complexity index is 882. The van der Waals surface area contributed by atoms with Crippen molar-refractivity contribution >= 4 is 38.9 Å². The maximum Gasteiger partial charge on any atom is 0.260 e. The van der Waals surface area contributed by atoms with Crippen molar-refractivity contribution in [1.29, 1.82) is 0 Å². The second kappa shape index (κ2) is 6.41. The summed E-state index contributed by atoms with van der Waals surface area (Å²) >= 11 is 5.87. The summed E-state index contributed by atoms with van der Waals surface area (Å²) in [6.07, 6.45) is 0.559. The molecule has 0 atom stereocenters. The van der Waals surface area contributed by atoms with E-state index < -0.39 is 21.7 Å². The molecule has 0 saturated carbocycles. The zero-order valence-corrected chi connectivity index (χ0v) is 14.1. The third-order valence-corrected chi connectivity index (χ3v) is 5.87. The first-order chi connectivity index (χ1) is 11.4. The van der Waals surface area contributed by atoms with Crippen LogP contribution in [0.2, 0.25) is 5.02 Å². The molecule has 1 saturated heterocycles. The van der Waals surface area contributed by atoms with E-state index >= 15 is 0 Å². The van der Waals surface area contributed by atoms with Crippen LogP contribution in [0.25, 0.3) is 0 Å². The normalized spacial score (nSPS) is 16.2. The van der Waals surface area contributed by atoms with Gasteiger partial charge in [-0.25, -0.2) is 12.8 Å². The molecule has 5 nitrogen and oxygen atoms in total. The highest BCUT2D eigenvalue weighted by atomic mass is 35.5. The number of hydrogen-bond donors (Lipinski definition) is 1. The molecule has 1 fully saturated rings. The van der Waals surface area contributed by atoms with Crippen molar-refractivity contribution in [3.8, 4) is 0 Å². The number of carbonyl (C=O) groups is 1. The van der Waals surface area contributed by atoms with Gasteiger partial charge in [0.05, 0.1) is 22.0 Å². The summed E-state index contributed by atoms with van der Waals surface area (Å²) < 4.78 is 39.1. The van der Waals surface area contributed by atoms with Crippen molar-refractivity contribution in [2.75, 3.05) is 21.9 Å². The Kier molecular flexibility index (Phi) is 4.47. The zero-order valence-electron chi connectivity index (χ0n) is 12.5. The van der Waals surface area contributed by atoms with Crippen LogP contribution in [-0.4, -0.2) is 26.6 Å². The Morgan fingerprint density at radius 2 is 1.96 bits per heavy atom. The molecular formula is C16H14ClFN2O3S. The highest BCUT2D eigenvalue weighted by molar-refractivity contribution is 7.93. The molecule has 2 aromatic rings. The van der Waals surface area contributed by atoms with E-state index in [-0.39, 0.29) is 16.3 Å². The predicted octanol–water partition coefficient (Wildman–Crippen LogP) is 3.27. The molecule has 1 aliphatic rings. The number of sulfonamides is 1. The molecule has 0 aromatic heterocycles. The number of benzene rings is 2. The van der Waals surface area contributed by atoms with Crippen LogP contribution in [0.4, 0.5) is 15.8 Å². The minimum Gasteiger partial charge on any atom is -0.322 e. The molecule has 1 amide bonds. The summed E-state index contributed by atoms with van der Waals surface area (Å²) in [5, 5.41) is 2.55. The molecule has 126 valence electrons. The molecule has 0 spiro atoms. The third-order valence-electron chi connectivity index (χ3n) is 3.68. The molecule has 0 aliphatic carbocycles. The lowest BCUT2D eigenvalue weighted by Crippen LogP contribution is -2.25. The Labute approximate surface area is 144 Å². The Morgan fingerprint density at radius 1 is 1.21 bits per heavy atom. The van der Waals surface area contributed by atoms with Gasteiger partial charge in [0.25, 0.3) is 5.91 Å². The predicted molar refractivity (Wildman–Crippen MR) is 91.6 cm³/mol. The second-order valence-electron chi connectivity index (χ2n) is 5.34. The van der Waals surface area contributed by atoms with E-state index in [9.17, 15) is 17.6 Å². The first-order valence-corrected chi connectivity index (χ1v) is 9.23. The fourth-order valence-corrected chi connectivity index (χ4v) is 4.38. The van der Waals surface area contributed by atoms with Crippen LogP contribution in [-0.2, 0) is 10.0 Å². The van der Waals surface area contributed by atoms with Crippen molar-refractivity contribution in [1.82, 2.24) is 0 Å². The van der Waals surface area contributed by atoms with Gasteiger partial charge < -0.3 is 5.32 Å². The lowest BCUT2D eigenvalue weighted by atomic mass is 10.2. The summed E-state index contributed by atoms with van der Waals surface area (Å²) in [5.74, 6) is -1.31. The van der Waals surface area contributed by atoms with E-state index in [4.69, 9.17) is 11.6 Å². The fourth-order valence-electron chi connectivity index (χ4n) is 2.58. The number of halogens is 2. The quantitative estimate of drug-likeness (QED) is 0.904. The summed E-state index contributed by atoms with van der Waals surface area (Å²) in [7, 11) is -3.31. The van der Waals surface area contributed by atoms with Crippen LogP contribution in [0, 0.1) is 5.82 Å². The molecule has 24 heavy (non-hydrogen) atoms. The van der Waals surface area contributed by atoms with Gasteiger partial charge in [-0.05, 0) is 36.8 Å². The molecular weight excluding hydrogens is 355 g/mol. The largest absolute Gasteiger partial charge is 0.322 e. The number of carbonyl (C=O) groups excluding carboxylic acids is 1. The summed E-state index contributed by atoms with van der Waals surface area (Å²) in [6, 6.07) is 10.4. The minimum atomic E-state index is -3.31. The Balaban J connectivity index is 1.87. The van der Waals surface area contributed by atoms with Crippen LogP contribution in [0.5, 0.6) is 0 Å². The molecule has 1 aliphatic heterocycles. The van der Waals surface area contributed by atoms with Gasteiger partial charge in [-0.1, -0.05) is 23.7 Å². The van der Waals surface area contributed by atoms with Gasteiger partial charge in [0.15, 0.2) is 0 Å². The topological polar surface area (TPSA) is 66.5 Å². The Hall–Kier alpha value is -2.12. The molecule has 8 heteroatoms. The first-order valence-electron chi connectivity index (χ1n) is 7.24. The average molecular weight is 369 g/mol. The molecule has 0 unspecified atom stereocenters. The van der Waals surface area contributed by atoms with Gasteiger partial charge in [0.2, 0.25) is 10.0 Å². The van der Waals surface area contributed by atoms with Gasteiger partial charge in [-0.15, -0.1) is 0 Å². The van der Waals surface area contributed by atoms with Crippen LogP contribution in [0.15, 0.2) is 42.5 Å². The van der Waals surface area contributed by atoms with Crippen molar-refractivity contribution in [2.24, 2.45) is 0 Å². The molecule has 3 rings (SSSR count). The minimum absolute atomic E-state index is 0.00535. The monoisotopic (exact) mass is 368 g/mol. The number of hydrogen-bond acceptors (Lipinski definition) is 3. The summed E-state index contributed by atoms with van der Waals surface area (Å²) in [4.78, 5) is 12.2. The molecule has 2 aromatic carbocycles. The maximum absolute atomic E-state index is 13.8. The van der Waals surface area contributed by atoms with Gasteiger partial charge in [-0.2, -0.15) is 0 Å². The highest BCUT2D eigenvalue weighted by Gasteiger charge is 2.28. The second-order valence-corrected chi connectivity index (χ2v) is 7.76. The average Bonchev–Trinajstić information content (AvgIpc) is 2.86. The van der Waals surface area contributed by atoms with Crippen molar-refractivity contribution in [3.05, 3.63) is 58.9 Å². The third kappa shape index (κ3) is 3.22. The number of amides is 1. The smallest absolute Gasteiger partial charge is 0.260 e. The first kappa shape index (κ1) is 16.7. The standard InChI is InChI=1S/C16H14ClFN2O3S/c17-13-6-2-7-14(18)15(13)16(21)19-11-4-1-5-12(10-11)20-8-3-9-24(20,22)23/h1-2,4-7,10H,3,8-9H2,(H,19,21). The lowest BCUT2D eigenvalue weighted by molar-refractivity contribution is 0.102. The molecule has 0 bridgehead atoms. The van der Waals surface area contributed by atoms with Crippen LogP contribution in [0.3, 0.4) is 0 Å². The van der Waals surface area contributed by atoms with Gasteiger partial charge in [0.1, 0.15) is 5.82 Å². The van der Waals surface area contributed by atoms with Gasteiger partial charge in [0, 0.05) is 12.2 Å². The van der Waals surface area contributed by atoms with E-state index in [1.165, 1.54) is 22.5 Å². The van der Waals surface area contributed by atoms with Crippen molar-refractivity contribution in [2.45, 2.75) is 6.42 Å². The van der Waals surface area contributed by atoms with E-state index in [0.29, 0.717) is 24.3 Å². The number of anilines is 2. The van der Waals surface area contributed by atoms with E-state index in [1.807, 2.05) is 0 Å². The van der Waals surface area contributed by atoms with E-state index in [0.717, 1.165) is 6.07 Å². The van der Waals surface area contributed by atoms with Crippen molar-refractivity contribution < 1.29 is 17.6 Å². The van der Waals surface area contributed by atoms with Crippen molar-refractivity contribution in [3.63, 3.8) is 0 Å². The van der Waals surface area contributed by atoms with Crippen LogP contribution in [0.1, 0.15) is 16.8 Å². The van der Waals surface area contributed by atoms with Crippen LogP contribution < -0.4 is 9.62 Å². The summed E-state index contributed by atoms with van der Waals surface area (Å²) in [6.45, 7) is 0.402. The molecule has 1 heterocycles. The molecule has 1 N–H and O–H groups in total. The number of nitrogens with one attached hydrogen (secondary N) is 1. The fraction of sp³-hybridized carbons (Fsp3) is 0.188. The van der Waals surface area contributed by atoms with E-state index in [1.54, 1.807) is 18.2 Å². The lowest BCUT2D eigenvalue weighted by Gasteiger charge is -2.18. The summed E-state index contributed by atoms with van der Waals surface area (Å²) in [5.41, 5.74) is 0.571. The number of rotatable bonds is 3. The highest BCUT2D eigenvalue weighted by Crippen LogP contribution is 2.27. The number of nitrogens with zero attached hydrogens (tertiary/aromatic N) is 1. The van der Waals surface area contributed by atoms with Gasteiger partial charge >= 0.3 is 0 Å². The SMILES string of the molecule is O=C(Nc1cccc(N2CCCS2(=O)=O)c1)c1c(F)cccc1Cl. The maximum atomic E-state index is 13.8. The van der Waals surface area contributed by atoms with Gasteiger partial charge in [-0.3, -0.25) is 9.10 Å². The Morgan fingerprint density at radius 3 is 2.62 bits per heavy atom.